The first kappa shape index (κ1) is 20.4. The summed E-state index contributed by atoms with van der Waals surface area (Å²) in [7, 11) is 0. The Labute approximate surface area is 176 Å². The van der Waals surface area contributed by atoms with Gasteiger partial charge in [-0.25, -0.2) is 9.18 Å². The number of amides is 3. The predicted molar refractivity (Wildman–Crippen MR) is 115 cm³/mol. The molecule has 1 aliphatic heterocycles. The van der Waals surface area contributed by atoms with Crippen LogP contribution in [-0.4, -0.2) is 36.5 Å². The zero-order valence-electron chi connectivity index (χ0n) is 17.1. The highest BCUT2D eigenvalue weighted by Gasteiger charge is 2.50. The normalized spacial score (nSPS) is 18.0. The van der Waals surface area contributed by atoms with Crippen molar-refractivity contribution in [1.29, 1.82) is 0 Å². The van der Waals surface area contributed by atoms with E-state index < -0.39 is 5.82 Å². The number of carbonyl (C=O) groups is 2. The number of para-hydroxylation sites is 1. The van der Waals surface area contributed by atoms with Crippen molar-refractivity contribution >= 4 is 17.6 Å². The molecule has 0 radical (unpaired) electrons. The summed E-state index contributed by atoms with van der Waals surface area (Å²) in [6.07, 6.45) is 4.53. The topological polar surface area (TPSA) is 61.4 Å². The zero-order chi connectivity index (χ0) is 21.0. The standard InChI is InChI=1S/C24H28FN3O2/c25-20-8-4-5-9-21(20)27-23(30)28-16-11-18(12-17-28)10-15-26-22(29)24(13-14-24)19-6-2-1-3-7-19/h1-9,18H,10-17H2,(H,26,29)(H,27,30). The van der Waals surface area contributed by atoms with Crippen LogP contribution >= 0.6 is 0 Å². The summed E-state index contributed by atoms with van der Waals surface area (Å²) in [5, 5.41) is 5.78. The molecule has 2 aromatic carbocycles. The van der Waals surface area contributed by atoms with Crippen LogP contribution in [0.4, 0.5) is 14.9 Å². The van der Waals surface area contributed by atoms with Gasteiger partial charge in [0.1, 0.15) is 5.82 Å². The summed E-state index contributed by atoms with van der Waals surface area (Å²) in [4.78, 5) is 26.8. The molecule has 0 spiro atoms. The van der Waals surface area contributed by atoms with E-state index in [1.54, 1.807) is 23.1 Å². The molecule has 0 bridgehead atoms. The molecule has 1 heterocycles. The van der Waals surface area contributed by atoms with Crippen LogP contribution in [0.1, 0.15) is 37.7 Å². The third-order valence-electron chi connectivity index (χ3n) is 6.37. The molecule has 1 saturated heterocycles. The minimum Gasteiger partial charge on any atom is -0.355 e. The van der Waals surface area contributed by atoms with E-state index in [-0.39, 0.29) is 23.0 Å². The van der Waals surface area contributed by atoms with Crippen molar-refractivity contribution in [3.63, 3.8) is 0 Å². The van der Waals surface area contributed by atoms with Crippen molar-refractivity contribution in [3.8, 4) is 0 Å². The molecule has 30 heavy (non-hydrogen) atoms. The van der Waals surface area contributed by atoms with E-state index in [2.05, 4.69) is 10.6 Å². The maximum atomic E-state index is 13.7. The third-order valence-corrected chi connectivity index (χ3v) is 6.37. The van der Waals surface area contributed by atoms with E-state index in [1.165, 1.54) is 6.07 Å². The van der Waals surface area contributed by atoms with Crippen molar-refractivity contribution in [2.24, 2.45) is 5.92 Å². The summed E-state index contributed by atoms with van der Waals surface area (Å²) in [5.41, 5.74) is 0.992. The number of urea groups is 1. The summed E-state index contributed by atoms with van der Waals surface area (Å²) in [6.45, 7) is 1.96. The Bertz CT molecular complexity index is 890. The van der Waals surface area contributed by atoms with Gasteiger partial charge in [0.25, 0.3) is 0 Å². The van der Waals surface area contributed by atoms with Crippen LogP contribution < -0.4 is 10.6 Å². The Kier molecular flexibility index (Phi) is 6.02. The molecule has 3 amide bonds. The van der Waals surface area contributed by atoms with Gasteiger partial charge in [0, 0.05) is 19.6 Å². The number of anilines is 1. The van der Waals surface area contributed by atoms with Crippen LogP contribution in [-0.2, 0) is 10.2 Å². The first-order valence-electron chi connectivity index (χ1n) is 10.7. The van der Waals surface area contributed by atoms with Gasteiger partial charge in [-0.05, 0) is 55.7 Å². The fourth-order valence-corrected chi connectivity index (χ4v) is 4.27. The maximum absolute atomic E-state index is 13.7. The van der Waals surface area contributed by atoms with Crippen LogP contribution in [0.2, 0.25) is 0 Å². The van der Waals surface area contributed by atoms with Crippen LogP contribution in [0.15, 0.2) is 54.6 Å². The number of hydrogen-bond donors (Lipinski definition) is 2. The smallest absolute Gasteiger partial charge is 0.321 e. The molecule has 2 aromatic rings. The fraction of sp³-hybridized carbons (Fsp3) is 0.417. The van der Waals surface area contributed by atoms with E-state index >= 15 is 0 Å². The number of nitrogens with one attached hydrogen (secondary N) is 2. The van der Waals surface area contributed by atoms with Gasteiger partial charge in [0.15, 0.2) is 0 Å². The Morgan fingerprint density at radius 3 is 2.33 bits per heavy atom. The summed E-state index contributed by atoms with van der Waals surface area (Å²) in [6, 6.07) is 15.9. The van der Waals surface area contributed by atoms with Gasteiger partial charge in [-0.15, -0.1) is 0 Å². The number of rotatable bonds is 6. The lowest BCUT2D eigenvalue weighted by Crippen LogP contribution is -2.42. The second kappa shape index (κ2) is 8.86. The predicted octanol–water partition coefficient (Wildman–Crippen LogP) is 4.31. The summed E-state index contributed by atoms with van der Waals surface area (Å²) < 4.78 is 13.7. The van der Waals surface area contributed by atoms with Crippen molar-refractivity contribution in [3.05, 3.63) is 66.0 Å². The highest BCUT2D eigenvalue weighted by molar-refractivity contribution is 5.91. The van der Waals surface area contributed by atoms with E-state index in [1.807, 2.05) is 30.3 Å². The second-order valence-electron chi connectivity index (χ2n) is 8.33. The molecule has 0 atom stereocenters. The zero-order valence-corrected chi connectivity index (χ0v) is 17.1. The van der Waals surface area contributed by atoms with Gasteiger partial charge in [-0.1, -0.05) is 42.5 Å². The van der Waals surface area contributed by atoms with Crippen molar-refractivity contribution in [1.82, 2.24) is 10.2 Å². The maximum Gasteiger partial charge on any atom is 0.321 e. The van der Waals surface area contributed by atoms with Gasteiger partial charge in [-0.2, -0.15) is 0 Å². The molecule has 158 valence electrons. The van der Waals surface area contributed by atoms with E-state index in [0.717, 1.165) is 37.7 Å². The molecule has 5 nitrogen and oxygen atoms in total. The number of nitrogens with zero attached hydrogens (tertiary/aromatic N) is 1. The number of halogens is 1. The minimum absolute atomic E-state index is 0.135. The average molecular weight is 410 g/mol. The van der Waals surface area contributed by atoms with Crippen LogP contribution in [0.5, 0.6) is 0 Å². The van der Waals surface area contributed by atoms with Crippen LogP contribution in [0, 0.1) is 11.7 Å². The largest absolute Gasteiger partial charge is 0.355 e. The molecule has 1 saturated carbocycles. The Balaban J connectivity index is 1.19. The number of piperidine rings is 1. The van der Waals surface area contributed by atoms with Gasteiger partial charge in [-0.3, -0.25) is 4.79 Å². The SMILES string of the molecule is O=C(Nc1ccccc1F)N1CCC(CCNC(=O)C2(c3ccccc3)CC2)CC1. The fourth-order valence-electron chi connectivity index (χ4n) is 4.27. The average Bonchev–Trinajstić information content (AvgIpc) is 3.59. The molecule has 2 fully saturated rings. The molecule has 2 aliphatic rings. The van der Waals surface area contributed by atoms with Crippen LogP contribution in [0.25, 0.3) is 0 Å². The number of carbonyl (C=O) groups excluding carboxylic acids is 2. The van der Waals surface area contributed by atoms with Crippen molar-refractivity contribution in [2.75, 3.05) is 25.0 Å². The Hall–Kier alpha value is -2.89. The minimum atomic E-state index is -0.430. The number of likely N-dealkylation sites (tertiary alicyclic amines) is 1. The summed E-state index contributed by atoms with van der Waals surface area (Å²) in [5.74, 6) is 0.186. The monoisotopic (exact) mass is 409 g/mol. The molecule has 0 aromatic heterocycles. The molecule has 0 unspecified atom stereocenters. The molecule has 2 N–H and O–H groups in total. The number of hydrogen-bond acceptors (Lipinski definition) is 2. The lowest BCUT2D eigenvalue weighted by Gasteiger charge is -2.32. The first-order valence-corrected chi connectivity index (χ1v) is 10.7. The molecular weight excluding hydrogens is 381 g/mol. The van der Waals surface area contributed by atoms with E-state index in [4.69, 9.17) is 0 Å². The molecular formula is C24H28FN3O2. The molecule has 1 aliphatic carbocycles. The molecule has 4 rings (SSSR count). The van der Waals surface area contributed by atoms with Crippen molar-refractivity contribution in [2.45, 2.75) is 37.5 Å². The van der Waals surface area contributed by atoms with Gasteiger partial charge in [0.2, 0.25) is 5.91 Å². The first-order chi connectivity index (χ1) is 14.6. The summed E-state index contributed by atoms with van der Waals surface area (Å²) >= 11 is 0. The number of benzene rings is 2. The lowest BCUT2D eigenvalue weighted by atomic mass is 9.92. The molecule has 6 heteroatoms. The van der Waals surface area contributed by atoms with E-state index in [0.29, 0.717) is 25.6 Å². The highest BCUT2D eigenvalue weighted by Crippen LogP contribution is 2.48. The second-order valence-corrected chi connectivity index (χ2v) is 8.33. The third kappa shape index (κ3) is 4.48. The van der Waals surface area contributed by atoms with Gasteiger partial charge < -0.3 is 15.5 Å². The van der Waals surface area contributed by atoms with Crippen LogP contribution in [0.3, 0.4) is 0 Å². The van der Waals surface area contributed by atoms with E-state index in [9.17, 15) is 14.0 Å². The Morgan fingerprint density at radius 1 is 1.00 bits per heavy atom. The lowest BCUT2D eigenvalue weighted by molar-refractivity contribution is -0.123. The van der Waals surface area contributed by atoms with Gasteiger partial charge >= 0.3 is 6.03 Å². The Morgan fingerprint density at radius 2 is 1.67 bits per heavy atom. The van der Waals surface area contributed by atoms with Crippen molar-refractivity contribution < 1.29 is 14.0 Å². The quantitative estimate of drug-likeness (QED) is 0.747. The highest BCUT2D eigenvalue weighted by atomic mass is 19.1. The van der Waals surface area contributed by atoms with Gasteiger partial charge in [0.05, 0.1) is 11.1 Å².